The monoisotopic (exact) mass is 387 g/mol. The van der Waals surface area contributed by atoms with E-state index in [-0.39, 0.29) is 5.92 Å². The molecule has 2 unspecified atom stereocenters. The van der Waals surface area contributed by atoms with Crippen LogP contribution in [0.3, 0.4) is 0 Å². The van der Waals surface area contributed by atoms with E-state index in [1.807, 2.05) is 19.9 Å². The molecule has 2 aliphatic rings. The van der Waals surface area contributed by atoms with Crippen LogP contribution in [0.4, 0.5) is 0 Å². The number of nitrogens with two attached hydrogens (primary N) is 1. The molecule has 0 spiro atoms. The lowest BCUT2D eigenvalue weighted by Gasteiger charge is -2.54. The normalized spacial score (nSPS) is 25.2. The van der Waals surface area contributed by atoms with Gasteiger partial charge in [-0.1, -0.05) is 31.4 Å². The number of allylic oxidation sites excluding steroid dienone is 1. The molecule has 0 aromatic heterocycles. The maximum Gasteiger partial charge on any atom is 0.337 e. The van der Waals surface area contributed by atoms with Gasteiger partial charge < -0.3 is 20.3 Å². The molecule has 1 aliphatic heterocycles. The van der Waals surface area contributed by atoms with Crippen LogP contribution in [0.1, 0.15) is 76.8 Å². The van der Waals surface area contributed by atoms with E-state index in [1.165, 1.54) is 5.57 Å². The van der Waals surface area contributed by atoms with E-state index in [4.69, 9.17) is 15.2 Å². The fraction of sp³-hybridized carbons (Fsp3) is 0.609. The van der Waals surface area contributed by atoms with Crippen LogP contribution in [-0.2, 0) is 11.2 Å². The lowest BCUT2D eigenvalue weighted by atomic mass is 9.62. The highest BCUT2D eigenvalue weighted by atomic mass is 16.5. The minimum Gasteiger partial charge on any atom is -0.485 e. The van der Waals surface area contributed by atoms with E-state index in [2.05, 4.69) is 26.0 Å². The third-order valence-electron chi connectivity index (χ3n) is 6.32. The van der Waals surface area contributed by atoms with Gasteiger partial charge >= 0.3 is 5.97 Å². The second-order valence-corrected chi connectivity index (χ2v) is 8.74. The molecule has 5 heteroatoms. The smallest absolute Gasteiger partial charge is 0.337 e. The van der Waals surface area contributed by atoms with Crippen molar-refractivity contribution in [1.82, 2.24) is 0 Å². The number of aryl methyl sites for hydroxylation is 1. The Bertz CT molecular complexity index is 783. The van der Waals surface area contributed by atoms with E-state index >= 15 is 0 Å². The Hall–Kier alpha value is -1.85. The number of carbonyl (C=O) groups excluding carboxylic acids is 1. The first-order valence-corrected chi connectivity index (χ1v) is 10.4. The largest absolute Gasteiger partial charge is 0.485 e. The summed E-state index contributed by atoms with van der Waals surface area (Å²) < 4.78 is 12.0. The first-order chi connectivity index (χ1) is 13.2. The Morgan fingerprint density at radius 3 is 2.79 bits per heavy atom. The van der Waals surface area contributed by atoms with Gasteiger partial charge in [0.15, 0.2) is 0 Å². The molecule has 0 saturated heterocycles. The molecule has 1 aromatic rings. The lowest BCUT2D eigenvalue weighted by Crippen LogP contribution is -2.66. The number of hydrogen-bond acceptors (Lipinski definition) is 5. The molecule has 3 rings (SSSR count). The van der Waals surface area contributed by atoms with Crippen molar-refractivity contribution in [2.75, 3.05) is 6.61 Å². The highest BCUT2D eigenvalue weighted by Crippen LogP contribution is 2.54. The van der Waals surface area contributed by atoms with E-state index in [1.54, 1.807) is 0 Å². The van der Waals surface area contributed by atoms with Crippen molar-refractivity contribution in [2.24, 2.45) is 5.73 Å². The van der Waals surface area contributed by atoms with Gasteiger partial charge in [-0.05, 0) is 64.2 Å². The zero-order valence-electron chi connectivity index (χ0n) is 17.5. The van der Waals surface area contributed by atoms with Crippen molar-refractivity contribution in [2.45, 2.75) is 83.3 Å². The van der Waals surface area contributed by atoms with Gasteiger partial charge in [0.2, 0.25) is 0 Å². The number of ether oxygens (including phenoxy) is 2. The van der Waals surface area contributed by atoms with Crippen molar-refractivity contribution in [1.29, 1.82) is 0 Å². The Kier molecular flexibility index (Phi) is 5.87. The zero-order chi connectivity index (χ0) is 20.5. The van der Waals surface area contributed by atoms with Crippen molar-refractivity contribution < 1.29 is 19.4 Å². The molecule has 0 radical (unpaired) electrons. The molecular weight excluding hydrogens is 354 g/mol. The van der Waals surface area contributed by atoms with Gasteiger partial charge in [0.1, 0.15) is 23.7 Å². The van der Waals surface area contributed by atoms with Crippen molar-refractivity contribution in [3.05, 3.63) is 34.9 Å². The van der Waals surface area contributed by atoms with Gasteiger partial charge in [0.05, 0.1) is 5.54 Å². The Morgan fingerprint density at radius 2 is 2.11 bits per heavy atom. The van der Waals surface area contributed by atoms with Crippen molar-refractivity contribution in [3.8, 4) is 11.5 Å². The van der Waals surface area contributed by atoms with Gasteiger partial charge in [-0.3, -0.25) is 0 Å². The molecular formula is C23H33NO4. The van der Waals surface area contributed by atoms with Gasteiger partial charge in [-0.2, -0.15) is 0 Å². The average molecular weight is 388 g/mol. The minimum absolute atomic E-state index is 0.105. The number of fused-ring (bicyclic) bond motifs is 3. The van der Waals surface area contributed by atoms with Crippen LogP contribution in [0.2, 0.25) is 0 Å². The second-order valence-electron chi connectivity index (χ2n) is 8.74. The highest BCUT2D eigenvalue weighted by Gasteiger charge is 2.55. The van der Waals surface area contributed by atoms with Crippen LogP contribution >= 0.6 is 0 Å². The van der Waals surface area contributed by atoms with Gasteiger partial charge in [0, 0.05) is 11.5 Å². The summed E-state index contributed by atoms with van der Waals surface area (Å²) in [4.78, 5) is 11.9. The molecule has 0 saturated carbocycles. The molecule has 154 valence electrons. The zero-order valence-corrected chi connectivity index (χ0v) is 17.5. The molecule has 1 heterocycles. The number of carbonyl (C=O) groups is 1. The number of rotatable bonds is 6. The van der Waals surface area contributed by atoms with Gasteiger partial charge in [-0.15, -0.1) is 0 Å². The summed E-state index contributed by atoms with van der Waals surface area (Å²) in [6, 6.07) is 3.99. The van der Waals surface area contributed by atoms with Gasteiger partial charge in [-0.25, -0.2) is 4.79 Å². The third kappa shape index (κ3) is 3.70. The lowest BCUT2D eigenvalue weighted by molar-refractivity contribution is -0.137. The summed E-state index contributed by atoms with van der Waals surface area (Å²) in [7, 11) is 0. The molecule has 3 N–H and O–H groups in total. The summed E-state index contributed by atoms with van der Waals surface area (Å²) in [5.74, 6) is 0.421. The highest BCUT2D eigenvalue weighted by molar-refractivity contribution is 5.75. The van der Waals surface area contributed by atoms with Crippen LogP contribution in [0.5, 0.6) is 11.5 Å². The Balaban J connectivity index is 2.13. The van der Waals surface area contributed by atoms with E-state index in [9.17, 15) is 9.90 Å². The van der Waals surface area contributed by atoms with Crippen LogP contribution in [0, 0.1) is 0 Å². The quantitative estimate of drug-likeness (QED) is 0.334. The van der Waals surface area contributed by atoms with Crippen LogP contribution in [-0.4, -0.2) is 28.8 Å². The van der Waals surface area contributed by atoms with E-state index in [0.29, 0.717) is 5.75 Å². The number of esters is 1. The summed E-state index contributed by atoms with van der Waals surface area (Å²) in [5.41, 5.74) is 8.96. The summed E-state index contributed by atoms with van der Waals surface area (Å²) in [6.45, 7) is 7.71. The number of aliphatic hydroxyl groups excluding tert-OH is 1. The van der Waals surface area contributed by atoms with E-state index < -0.39 is 23.7 Å². The Labute approximate surface area is 167 Å². The third-order valence-corrected chi connectivity index (χ3v) is 6.32. The number of aliphatic hydroxyl groups is 1. The molecule has 0 fully saturated rings. The predicted octanol–water partition coefficient (Wildman–Crippen LogP) is 4.01. The van der Waals surface area contributed by atoms with Gasteiger partial charge in [0.25, 0.3) is 0 Å². The maximum atomic E-state index is 11.9. The minimum atomic E-state index is -0.670. The fourth-order valence-corrected chi connectivity index (χ4v) is 4.47. The molecule has 1 aliphatic carbocycles. The molecule has 1 aromatic carbocycles. The summed E-state index contributed by atoms with van der Waals surface area (Å²) in [5, 5.41) is 9.21. The fourth-order valence-electron chi connectivity index (χ4n) is 4.47. The van der Waals surface area contributed by atoms with Crippen LogP contribution < -0.4 is 15.2 Å². The molecule has 28 heavy (non-hydrogen) atoms. The summed E-state index contributed by atoms with van der Waals surface area (Å²) >= 11 is 0. The average Bonchev–Trinajstić information content (AvgIpc) is 2.63. The second kappa shape index (κ2) is 7.88. The standard InChI is InChI=1S/C23H33NO4/c1-5-6-7-8-16-12-18(27-20(26)14-25)21-17-11-15(2)9-10-23(17,24)22(3,4)28-19(21)13-16/h11-13,17,25H,5-10,14,24H2,1-4H3. The maximum absolute atomic E-state index is 11.9. The molecule has 0 bridgehead atoms. The Morgan fingerprint density at radius 1 is 1.36 bits per heavy atom. The predicted molar refractivity (Wildman–Crippen MR) is 110 cm³/mol. The van der Waals surface area contributed by atoms with E-state index in [0.717, 1.165) is 55.4 Å². The SMILES string of the molecule is CCCCCc1cc(OC(=O)CO)c2c(c1)OC(C)(C)C1(N)CCC(C)=CC21. The first-order valence-electron chi connectivity index (χ1n) is 10.4. The molecule has 0 amide bonds. The number of hydrogen-bond donors (Lipinski definition) is 2. The first kappa shape index (κ1) is 20.9. The van der Waals surface area contributed by atoms with Crippen molar-refractivity contribution >= 4 is 5.97 Å². The number of unbranched alkanes of at least 4 members (excludes halogenated alkanes) is 2. The van der Waals surface area contributed by atoms with Crippen LogP contribution in [0.15, 0.2) is 23.8 Å². The number of benzene rings is 1. The van der Waals surface area contributed by atoms with Crippen molar-refractivity contribution in [3.63, 3.8) is 0 Å². The summed E-state index contributed by atoms with van der Waals surface area (Å²) in [6.07, 6.45) is 8.17. The topological polar surface area (TPSA) is 81.8 Å². The molecule has 2 atom stereocenters. The molecule has 5 nitrogen and oxygen atoms in total. The van der Waals surface area contributed by atoms with Crippen LogP contribution in [0.25, 0.3) is 0 Å².